The molecular weight excluding hydrogens is 188 g/mol. The third kappa shape index (κ3) is 1.88. The molecule has 15 heavy (non-hydrogen) atoms. The van der Waals surface area contributed by atoms with Crippen LogP contribution in [0.3, 0.4) is 0 Å². The van der Waals surface area contributed by atoms with Gasteiger partial charge >= 0.3 is 0 Å². The van der Waals surface area contributed by atoms with Gasteiger partial charge < -0.3 is 5.73 Å². The number of nitrogens with two attached hydrogens (primary N) is 1. The van der Waals surface area contributed by atoms with Crippen molar-refractivity contribution in [3.05, 3.63) is 24.2 Å². The highest BCUT2D eigenvalue weighted by Gasteiger charge is 2.17. The summed E-state index contributed by atoms with van der Waals surface area (Å²) in [4.78, 5) is 12.9. The van der Waals surface area contributed by atoms with Gasteiger partial charge in [0.05, 0.1) is 0 Å². The highest BCUT2D eigenvalue weighted by molar-refractivity contribution is 5.75. The van der Waals surface area contributed by atoms with E-state index in [1.807, 2.05) is 6.07 Å². The Labute approximate surface area is 88.6 Å². The van der Waals surface area contributed by atoms with Crippen LogP contribution in [0.2, 0.25) is 0 Å². The predicted octanol–water partition coefficient (Wildman–Crippen LogP) is 1.90. The van der Waals surface area contributed by atoms with Gasteiger partial charge in [-0.2, -0.15) is 0 Å². The maximum atomic E-state index is 5.61. The highest BCUT2D eigenvalue weighted by Crippen LogP contribution is 2.19. The lowest BCUT2D eigenvalue weighted by molar-refractivity contribution is 0.548. The van der Waals surface area contributed by atoms with E-state index in [1.54, 1.807) is 12.3 Å². The van der Waals surface area contributed by atoms with E-state index in [0.29, 0.717) is 11.5 Å². The van der Waals surface area contributed by atoms with Gasteiger partial charge in [0.15, 0.2) is 5.65 Å². The molecule has 2 N–H and O–H groups in total. The van der Waals surface area contributed by atoms with Crippen LogP contribution in [0.15, 0.2) is 18.3 Å². The number of aromatic nitrogens is 3. The Bertz CT molecular complexity index is 499. The van der Waals surface area contributed by atoms with Gasteiger partial charge in [-0.25, -0.2) is 15.0 Å². The minimum atomic E-state index is -0.0690. The average Bonchev–Trinajstić information content (AvgIpc) is 2.15. The van der Waals surface area contributed by atoms with Gasteiger partial charge in [-0.15, -0.1) is 0 Å². The van der Waals surface area contributed by atoms with E-state index >= 15 is 0 Å². The Morgan fingerprint density at radius 2 is 1.87 bits per heavy atom. The largest absolute Gasteiger partial charge is 0.384 e. The third-order valence-electron chi connectivity index (χ3n) is 2.14. The molecule has 0 aromatic carbocycles. The quantitative estimate of drug-likeness (QED) is 0.708. The van der Waals surface area contributed by atoms with Crippen LogP contribution in [0, 0.1) is 0 Å². The van der Waals surface area contributed by atoms with Crippen molar-refractivity contribution in [3.8, 4) is 0 Å². The number of hydrogen-bond donors (Lipinski definition) is 1. The highest BCUT2D eigenvalue weighted by atomic mass is 15.0. The summed E-state index contributed by atoms with van der Waals surface area (Å²) in [6, 6.07) is 3.63. The molecule has 0 aliphatic carbocycles. The Morgan fingerprint density at radius 1 is 1.13 bits per heavy atom. The molecule has 2 aromatic heterocycles. The first-order chi connectivity index (χ1) is 6.97. The van der Waals surface area contributed by atoms with Crippen molar-refractivity contribution in [1.29, 1.82) is 0 Å². The van der Waals surface area contributed by atoms with Crippen molar-refractivity contribution in [3.63, 3.8) is 0 Å². The van der Waals surface area contributed by atoms with E-state index < -0.39 is 0 Å². The molecule has 0 bridgehead atoms. The molecule has 0 aliphatic heterocycles. The zero-order valence-electron chi connectivity index (χ0n) is 9.15. The second-order valence-electron chi connectivity index (χ2n) is 4.59. The molecule has 0 aliphatic rings. The van der Waals surface area contributed by atoms with E-state index in [1.165, 1.54) is 0 Å². The van der Waals surface area contributed by atoms with Gasteiger partial charge in [0.1, 0.15) is 11.6 Å². The molecule has 2 aromatic rings. The molecule has 4 heteroatoms. The Morgan fingerprint density at radius 3 is 2.53 bits per heavy atom. The zero-order chi connectivity index (χ0) is 11.1. The van der Waals surface area contributed by atoms with Crippen LogP contribution in [0.5, 0.6) is 0 Å². The molecule has 4 nitrogen and oxygen atoms in total. The van der Waals surface area contributed by atoms with Crippen molar-refractivity contribution >= 4 is 16.9 Å². The molecule has 2 rings (SSSR count). The lowest BCUT2D eigenvalue weighted by atomic mass is 9.96. The zero-order valence-corrected chi connectivity index (χ0v) is 9.15. The van der Waals surface area contributed by atoms with E-state index in [4.69, 9.17) is 5.73 Å². The molecule has 0 atom stereocenters. The van der Waals surface area contributed by atoms with Crippen molar-refractivity contribution < 1.29 is 0 Å². The van der Waals surface area contributed by atoms with Crippen LogP contribution in [-0.4, -0.2) is 15.0 Å². The standard InChI is InChI=1S/C11H14N4/c1-11(2,3)10-13-6-7-4-5-8(12)14-9(7)15-10/h4-6H,1-3H3,(H2,12,13,14,15). The maximum absolute atomic E-state index is 5.61. The monoisotopic (exact) mass is 202 g/mol. The van der Waals surface area contributed by atoms with Gasteiger partial charge in [0, 0.05) is 17.0 Å². The molecule has 0 unspecified atom stereocenters. The van der Waals surface area contributed by atoms with Crippen molar-refractivity contribution in [2.24, 2.45) is 0 Å². The maximum Gasteiger partial charge on any atom is 0.165 e. The number of nitrogens with zero attached hydrogens (tertiary/aromatic N) is 3. The lowest BCUT2D eigenvalue weighted by Crippen LogP contribution is -2.16. The van der Waals surface area contributed by atoms with Gasteiger partial charge in [-0.1, -0.05) is 20.8 Å². The van der Waals surface area contributed by atoms with Crippen LogP contribution >= 0.6 is 0 Å². The number of rotatable bonds is 0. The van der Waals surface area contributed by atoms with Gasteiger partial charge in [0.2, 0.25) is 0 Å². The average molecular weight is 202 g/mol. The molecule has 2 heterocycles. The number of nitrogen functional groups attached to an aromatic ring is 1. The molecule has 0 saturated heterocycles. The summed E-state index contributed by atoms with van der Waals surface area (Å²) >= 11 is 0. The second kappa shape index (κ2) is 3.15. The Hall–Kier alpha value is -1.71. The summed E-state index contributed by atoms with van der Waals surface area (Å²) in [6.45, 7) is 6.21. The SMILES string of the molecule is CC(C)(C)c1ncc2ccc(N)nc2n1. The van der Waals surface area contributed by atoms with Gasteiger partial charge in [-0.3, -0.25) is 0 Å². The third-order valence-corrected chi connectivity index (χ3v) is 2.14. The minimum absolute atomic E-state index is 0.0690. The molecule has 0 amide bonds. The summed E-state index contributed by atoms with van der Waals surface area (Å²) in [7, 11) is 0. The molecule has 78 valence electrons. The van der Waals surface area contributed by atoms with Crippen LogP contribution < -0.4 is 5.73 Å². The number of anilines is 1. The smallest absolute Gasteiger partial charge is 0.165 e. The first kappa shape index (κ1) is 9.83. The van der Waals surface area contributed by atoms with E-state index in [0.717, 1.165) is 11.2 Å². The summed E-state index contributed by atoms with van der Waals surface area (Å²) in [5.41, 5.74) is 6.20. The summed E-state index contributed by atoms with van der Waals surface area (Å²) in [5.74, 6) is 1.27. The number of hydrogen-bond acceptors (Lipinski definition) is 4. The van der Waals surface area contributed by atoms with Crippen LogP contribution in [0.25, 0.3) is 11.0 Å². The van der Waals surface area contributed by atoms with E-state index in [-0.39, 0.29) is 5.41 Å². The fourth-order valence-corrected chi connectivity index (χ4v) is 1.29. The van der Waals surface area contributed by atoms with E-state index in [9.17, 15) is 0 Å². The topological polar surface area (TPSA) is 64.7 Å². The second-order valence-corrected chi connectivity index (χ2v) is 4.59. The normalized spacial score (nSPS) is 11.9. The van der Waals surface area contributed by atoms with Crippen molar-refractivity contribution in [2.75, 3.05) is 5.73 Å². The molecular formula is C11H14N4. The molecule has 0 radical (unpaired) electrons. The Balaban J connectivity index is 2.64. The number of fused-ring (bicyclic) bond motifs is 1. The van der Waals surface area contributed by atoms with Crippen LogP contribution in [0.1, 0.15) is 26.6 Å². The predicted molar refractivity (Wildman–Crippen MR) is 60.4 cm³/mol. The van der Waals surface area contributed by atoms with Crippen molar-refractivity contribution in [1.82, 2.24) is 15.0 Å². The fourth-order valence-electron chi connectivity index (χ4n) is 1.29. The molecule has 0 saturated carbocycles. The first-order valence-electron chi connectivity index (χ1n) is 4.86. The van der Waals surface area contributed by atoms with Crippen LogP contribution in [0.4, 0.5) is 5.82 Å². The summed E-state index contributed by atoms with van der Waals surface area (Å²) < 4.78 is 0. The minimum Gasteiger partial charge on any atom is -0.384 e. The Kier molecular flexibility index (Phi) is 2.07. The van der Waals surface area contributed by atoms with Gasteiger partial charge in [-0.05, 0) is 12.1 Å². The summed E-state index contributed by atoms with van der Waals surface area (Å²) in [5, 5.41) is 0.914. The molecule has 0 fully saturated rings. The first-order valence-corrected chi connectivity index (χ1v) is 4.86. The van der Waals surface area contributed by atoms with Gasteiger partial charge in [0.25, 0.3) is 0 Å². The van der Waals surface area contributed by atoms with Crippen molar-refractivity contribution in [2.45, 2.75) is 26.2 Å². The fraction of sp³-hybridized carbons (Fsp3) is 0.364. The van der Waals surface area contributed by atoms with E-state index in [2.05, 4.69) is 35.7 Å². The number of pyridine rings is 1. The lowest BCUT2D eigenvalue weighted by Gasteiger charge is -2.15. The summed E-state index contributed by atoms with van der Waals surface area (Å²) in [6.07, 6.45) is 1.79. The van der Waals surface area contributed by atoms with Crippen LogP contribution in [-0.2, 0) is 5.41 Å². The molecule has 0 spiro atoms.